The number of carbonyl (C=O) groups excluding carboxylic acids is 1. The monoisotopic (exact) mass is 443 g/mol. The van der Waals surface area contributed by atoms with Crippen LogP contribution in [0.5, 0.6) is 17.2 Å². The highest BCUT2D eigenvalue weighted by atomic mass is 16.6. The smallest absolute Gasteiger partial charge is 0.410 e. The first-order chi connectivity index (χ1) is 15.3. The zero-order chi connectivity index (χ0) is 23.3. The largest absolute Gasteiger partial charge is 0.493 e. The number of carbonyl (C=O) groups is 1. The molecular formula is C25H33NO6. The van der Waals surface area contributed by atoms with Gasteiger partial charge in [0.05, 0.1) is 26.9 Å². The minimum Gasteiger partial charge on any atom is -0.493 e. The molecule has 0 radical (unpaired) electrons. The van der Waals surface area contributed by atoms with E-state index in [9.17, 15) is 4.79 Å². The van der Waals surface area contributed by atoms with Gasteiger partial charge >= 0.3 is 6.09 Å². The molecular weight excluding hydrogens is 410 g/mol. The Hall–Kier alpha value is -2.93. The molecule has 0 saturated carbocycles. The lowest BCUT2D eigenvalue weighted by molar-refractivity contribution is 0.00323. The molecule has 0 unspecified atom stereocenters. The molecule has 0 bridgehead atoms. The van der Waals surface area contributed by atoms with Gasteiger partial charge in [0.2, 0.25) is 0 Å². The van der Waals surface area contributed by atoms with E-state index in [1.165, 1.54) is 0 Å². The topological polar surface area (TPSA) is 66.5 Å². The number of ether oxygens (including phenoxy) is 5. The molecule has 1 amide bonds. The third-order valence-corrected chi connectivity index (χ3v) is 5.28. The van der Waals surface area contributed by atoms with E-state index in [0.29, 0.717) is 31.3 Å². The Bertz CT molecular complexity index is 937. The summed E-state index contributed by atoms with van der Waals surface area (Å²) in [5.41, 5.74) is 2.64. The highest BCUT2D eigenvalue weighted by Gasteiger charge is 2.33. The lowest BCUT2D eigenvalue weighted by Crippen LogP contribution is -2.44. The van der Waals surface area contributed by atoms with Crippen molar-refractivity contribution in [1.82, 2.24) is 4.90 Å². The highest BCUT2D eigenvalue weighted by Crippen LogP contribution is 2.34. The van der Waals surface area contributed by atoms with Crippen LogP contribution in [0, 0.1) is 0 Å². The van der Waals surface area contributed by atoms with Crippen molar-refractivity contribution in [2.45, 2.75) is 45.4 Å². The summed E-state index contributed by atoms with van der Waals surface area (Å²) in [6, 6.07) is 11.5. The van der Waals surface area contributed by atoms with Gasteiger partial charge in [-0.1, -0.05) is 12.1 Å². The Morgan fingerprint density at radius 1 is 1.03 bits per heavy atom. The fourth-order valence-corrected chi connectivity index (χ4v) is 3.79. The molecule has 32 heavy (non-hydrogen) atoms. The van der Waals surface area contributed by atoms with E-state index in [-0.39, 0.29) is 12.1 Å². The second kappa shape index (κ2) is 10.1. The normalized spacial score (nSPS) is 15.7. The van der Waals surface area contributed by atoms with Crippen molar-refractivity contribution in [2.24, 2.45) is 0 Å². The summed E-state index contributed by atoms with van der Waals surface area (Å²) in [6.45, 7) is 6.99. The first-order valence-corrected chi connectivity index (χ1v) is 10.7. The van der Waals surface area contributed by atoms with Gasteiger partial charge in [0.1, 0.15) is 18.0 Å². The molecule has 0 aliphatic carbocycles. The first kappa shape index (κ1) is 23.7. The summed E-state index contributed by atoms with van der Waals surface area (Å²) in [6.07, 6.45) is 0.404. The maximum absolute atomic E-state index is 12.7. The van der Waals surface area contributed by atoms with Gasteiger partial charge < -0.3 is 23.7 Å². The van der Waals surface area contributed by atoms with E-state index < -0.39 is 5.60 Å². The zero-order valence-corrected chi connectivity index (χ0v) is 19.8. The van der Waals surface area contributed by atoms with Gasteiger partial charge in [0.15, 0.2) is 11.5 Å². The highest BCUT2D eigenvalue weighted by molar-refractivity contribution is 5.69. The number of nitrogens with zero attached hydrogens (tertiary/aromatic N) is 1. The van der Waals surface area contributed by atoms with E-state index in [1.54, 1.807) is 26.2 Å². The maximum Gasteiger partial charge on any atom is 0.410 e. The van der Waals surface area contributed by atoms with Crippen molar-refractivity contribution >= 4 is 6.09 Å². The number of hydrogen-bond acceptors (Lipinski definition) is 6. The van der Waals surface area contributed by atoms with Crippen molar-refractivity contribution in [3.8, 4) is 17.2 Å². The summed E-state index contributed by atoms with van der Waals surface area (Å²) in [7, 11) is 4.87. The summed E-state index contributed by atoms with van der Waals surface area (Å²) in [5.74, 6) is 2.13. The Morgan fingerprint density at radius 2 is 1.78 bits per heavy atom. The van der Waals surface area contributed by atoms with E-state index in [2.05, 4.69) is 0 Å². The van der Waals surface area contributed by atoms with Crippen LogP contribution in [0.3, 0.4) is 0 Å². The van der Waals surface area contributed by atoms with Crippen LogP contribution in [0.1, 0.15) is 43.5 Å². The average Bonchev–Trinajstić information content (AvgIpc) is 2.76. The molecule has 1 aliphatic heterocycles. The predicted molar refractivity (Wildman–Crippen MR) is 122 cm³/mol. The van der Waals surface area contributed by atoms with Gasteiger partial charge in [-0.15, -0.1) is 0 Å². The van der Waals surface area contributed by atoms with E-state index in [4.69, 9.17) is 23.7 Å². The molecule has 3 rings (SSSR count). The molecule has 0 spiro atoms. The molecule has 0 aromatic heterocycles. The fraction of sp³-hybridized carbons (Fsp3) is 0.480. The lowest BCUT2D eigenvalue weighted by atomic mass is 9.93. The Labute approximate surface area is 190 Å². The first-order valence-electron chi connectivity index (χ1n) is 10.7. The minimum absolute atomic E-state index is 0.196. The SMILES string of the molecule is COC[C@H]1c2ccc(OCc3ccc(OC)c(OC)c3)cc2CCN1C(=O)OC(C)(C)C. The van der Waals surface area contributed by atoms with E-state index in [0.717, 1.165) is 28.9 Å². The number of benzene rings is 2. The predicted octanol–water partition coefficient (Wildman–Crippen LogP) is 4.76. The molecule has 0 fully saturated rings. The fourth-order valence-electron chi connectivity index (χ4n) is 3.79. The minimum atomic E-state index is -0.545. The molecule has 2 aromatic rings. The zero-order valence-electron chi connectivity index (χ0n) is 19.8. The molecule has 2 aromatic carbocycles. The third-order valence-electron chi connectivity index (χ3n) is 5.28. The standard InChI is InChI=1S/C25H33NO6/c1-25(2,3)32-24(27)26-12-11-18-14-19(8-9-20(18)21(26)16-28-4)31-15-17-7-10-22(29-5)23(13-17)30-6/h7-10,13-14,21H,11-12,15-16H2,1-6H3/t21-/m0/s1. The van der Waals surface area contributed by atoms with Crippen molar-refractivity contribution < 1.29 is 28.5 Å². The van der Waals surface area contributed by atoms with E-state index in [1.807, 2.05) is 57.2 Å². The second-order valence-electron chi connectivity index (χ2n) is 8.73. The molecule has 1 heterocycles. The van der Waals surface area contributed by atoms with Crippen molar-refractivity contribution in [3.05, 3.63) is 53.1 Å². The van der Waals surface area contributed by atoms with Gasteiger partial charge in [-0.2, -0.15) is 0 Å². The second-order valence-corrected chi connectivity index (χ2v) is 8.73. The van der Waals surface area contributed by atoms with Crippen LogP contribution in [0.2, 0.25) is 0 Å². The molecule has 0 N–H and O–H groups in total. The molecule has 174 valence electrons. The third kappa shape index (κ3) is 5.65. The molecule has 7 heteroatoms. The van der Waals surface area contributed by atoms with Crippen molar-refractivity contribution in [2.75, 3.05) is 34.5 Å². The Morgan fingerprint density at radius 3 is 2.44 bits per heavy atom. The average molecular weight is 444 g/mol. The van der Waals surface area contributed by atoms with Crippen LogP contribution in [-0.2, 0) is 22.5 Å². The van der Waals surface area contributed by atoms with Crippen LogP contribution in [0.4, 0.5) is 4.79 Å². The Kier molecular flexibility index (Phi) is 7.51. The van der Waals surface area contributed by atoms with Crippen LogP contribution < -0.4 is 14.2 Å². The summed E-state index contributed by atoms with van der Waals surface area (Å²) in [5, 5.41) is 0. The lowest BCUT2D eigenvalue weighted by Gasteiger charge is -2.37. The summed E-state index contributed by atoms with van der Waals surface area (Å²) in [4.78, 5) is 14.5. The van der Waals surface area contributed by atoms with Gasteiger partial charge in [-0.25, -0.2) is 4.79 Å². The van der Waals surface area contributed by atoms with Crippen LogP contribution >= 0.6 is 0 Å². The van der Waals surface area contributed by atoms with Crippen LogP contribution in [0.15, 0.2) is 36.4 Å². The molecule has 1 atom stereocenters. The number of hydrogen-bond donors (Lipinski definition) is 0. The quantitative estimate of drug-likeness (QED) is 0.615. The van der Waals surface area contributed by atoms with Gasteiger partial charge in [-0.05, 0) is 68.1 Å². The van der Waals surface area contributed by atoms with Crippen LogP contribution in [-0.4, -0.2) is 51.1 Å². The maximum atomic E-state index is 12.7. The van der Waals surface area contributed by atoms with Gasteiger partial charge in [0, 0.05) is 13.7 Å². The summed E-state index contributed by atoms with van der Waals surface area (Å²) >= 11 is 0. The van der Waals surface area contributed by atoms with Crippen LogP contribution in [0.25, 0.3) is 0 Å². The number of fused-ring (bicyclic) bond motifs is 1. The molecule has 0 saturated heterocycles. The molecule has 7 nitrogen and oxygen atoms in total. The van der Waals surface area contributed by atoms with Crippen molar-refractivity contribution in [1.29, 1.82) is 0 Å². The number of rotatable bonds is 7. The van der Waals surface area contributed by atoms with E-state index >= 15 is 0 Å². The van der Waals surface area contributed by atoms with Gasteiger partial charge in [-0.3, -0.25) is 4.90 Å². The van der Waals surface area contributed by atoms with Gasteiger partial charge in [0.25, 0.3) is 0 Å². The van der Waals surface area contributed by atoms with Crippen molar-refractivity contribution in [3.63, 3.8) is 0 Å². The Balaban J connectivity index is 1.74. The number of methoxy groups -OCH3 is 3. The summed E-state index contributed by atoms with van der Waals surface area (Å²) < 4.78 is 27.7. The number of amides is 1. The molecule has 1 aliphatic rings.